The molecule has 0 aromatic carbocycles. The third kappa shape index (κ3) is 3.99. The summed E-state index contributed by atoms with van der Waals surface area (Å²) in [6.45, 7) is 8.47. The Balaban J connectivity index is 2.43. The molecule has 3 nitrogen and oxygen atoms in total. The third-order valence-electron chi connectivity index (χ3n) is 2.85. The molecule has 92 valence electrons. The quantitative estimate of drug-likeness (QED) is 0.807. The molecule has 0 saturated carbocycles. The van der Waals surface area contributed by atoms with Gasteiger partial charge >= 0.3 is 0 Å². The molecule has 0 aliphatic heterocycles. The van der Waals surface area contributed by atoms with E-state index in [1.54, 1.807) is 13.4 Å². The van der Waals surface area contributed by atoms with Crippen molar-refractivity contribution < 1.29 is 9.15 Å². The van der Waals surface area contributed by atoms with Crippen molar-refractivity contribution in [3.63, 3.8) is 0 Å². The Kier molecular flexibility index (Phi) is 4.56. The molecular weight excluding hydrogens is 202 g/mol. The van der Waals surface area contributed by atoms with Crippen molar-refractivity contribution in [1.29, 1.82) is 0 Å². The first kappa shape index (κ1) is 13.3. The monoisotopic (exact) mass is 225 g/mol. The van der Waals surface area contributed by atoms with Crippen LogP contribution in [0.1, 0.15) is 45.9 Å². The normalized spacial score (nSPS) is 16.1. The van der Waals surface area contributed by atoms with E-state index in [0.717, 1.165) is 12.2 Å². The van der Waals surface area contributed by atoms with Gasteiger partial charge in [-0.1, -0.05) is 0 Å². The Bertz CT molecular complexity index is 293. The van der Waals surface area contributed by atoms with Gasteiger partial charge in [0, 0.05) is 13.2 Å². The second-order valence-electron chi connectivity index (χ2n) is 4.97. The summed E-state index contributed by atoms with van der Waals surface area (Å²) < 4.78 is 10.8. The van der Waals surface area contributed by atoms with E-state index in [1.807, 2.05) is 12.1 Å². The summed E-state index contributed by atoms with van der Waals surface area (Å²) in [6, 6.07) is 4.52. The van der Waals surface area contributed by atoms with Gasteiger partial charge in [0.1, 0.15) is 5.76 Å². The molecule has 16 heavy (non-hydrogen) atoms. The van der Waals surface area contributed by atoms with E-state index in [2.05, 4.69) is 33.0 Å². The molecule has 3 heteroatoms. The van der Waals surface area contributed by atoms with Crippen molar-refractivity contribution in [1.82, 2.24) is 5.32 Å². The van der Waals surface area contributed by atoms with Crippen molar-refractivity contribution >= 4 is 0 Å². The first-order chi connectivity index (χ1) is 7.44. The van der Waals surface area contributed by atoms with Crippen molar-refractivity contribution in [3.05, 3.63) is 24.2 Å². The molecule has 1 aromatic rings. The van der Waals surface area contributed by atoms with Gasteiger partial charge in [-0.3, -0.25) is 0 Å². The number of hydrogen-bond donors (Lipinski definition) is 1. The van der Waals surface area contributed by atoms with Crippen molar-refractivity contribution in [2.24, 2.45) is 0 Å². The topological polar surface area (TPSA) is 34.4 Å². The van der Waals surface area contributed by atoms with E-state index in [9.17, 15) is 0 Å². The van der Waals surface area contributed by atoms with E-state index < -0.39 is 0 Å². The Labute approximate surface area is 98.2 Å². The Morgan fingerprint density at radius 3 is 2.62 bits per heavy atom. The lowest BCUT2D eigenvalue weighted by Crippen LogP contribution is -2.36. The molecule has 0 radical (unpaired) electrons. The molecule has 1 aromatic heterocycles. The lowest BCUT2D eigenvalue weighted by Gasteiger charge is -2.28. The molecule has 0 saturated heterocycles. The Morgan fingerprint density at radius 1 is 1.44 bits per heavy atom. The van der Waals surface area contributed by atoms with Gasteiger partial charge in [-0.25, -0.2) is 0 Å². The highest BCUT2D eigenvalue weighted by atomic mass is 16.5. The van der Waals surface area contributed by atoms with Crippen molar-refractivity contribution in [2.75, 3.05) is 7.11 Å². The number of ether oxygens (including phenoxy) is 1. The molecule has 1 N–H and O–H groups in total. The highest BCUT2D eigenvalue weighted by Crippen LogP contribution is 2.19. The highest BCUT2D eigenvalue weighted by Gasteiger charge is 2.21. The van der Waals surface area contributed by atoms with Crippen molar-refractivity contribution in [3.8, 4) is 0 Å². The molecule has 2 atom stereocenters. The van der Waals surface area contributed by atoms with Crippen LogP contribution in [0.4, 0.5) is 0 Å². The van der Waals surface area contributed by atoms with Crippen LogP contribution in [0, 0.1) is 0 Å². The first-order valence-corrected chi connectivity index (χ1v) is 5.79. The molecule has 0 amide bonds. The minimum atomic E-state index is -0.0880. The van der Waals surface area contributed by atoms with Crippen LogP contribution in [0.25, 0.3) is 0 Å². The van der Waals surface area contributed by atoms with E-state index in [4.69, 9.17) is 9.15 Å². The van der Waals surface area contributed by atoms with Gasteiger partial charge in [-0.05, 0) is 46.2 Å². The zero-order chi connectivity index (χ0) is 12.2. The second-order valence-corrected chi connectivity index (χ2v) is 4.97. The summed E-state index contributed by atoms with van der Waals surface area (Å²) in [6.07, 6.45) is 2.67. The minimum Gasteiger partial charge on any atom is -0.468 e. The number of methoxy groups -OCH3 is 1. The molecule has 1 rings (SSSR count). The smallest absolute Gasteiger partial charge is 0.120 e. The van der Waals surface area contributed by atoms with E-state index in [1.165, 1.54) is 0 Å². The molecule has 0 aliphatic carbocycles. The molecular formula is C13H23NO2. The van der Waals surface area contributed by atoms with Crippen LogP contribution in [0.5, 0.6) is 0 Å². The van der Waals surface area contributed by atoms with Crippen LogP contribution in [-0.4, -0.2) is 18.8 Å². The summed E-state index contributed by atoms with van der Waals surface area (Å²) in [5.41, 5.74) is -0.0880. The standard InChI is InChI=1S/C13H23NO2/c1-10(9-13(3,4)15-5)14-11(2)12-7-6-8-16-12/h6-8,10-11,14H,9H2,1-5H3/t10?,11-/m1/s1. The van der Waals surface area contributed by atoms with E-state index in [0.29, 0.717) is 6.04 Å². The SMILES string of the molecule is COC(C)(C)CC(C)N[C@H](C)c1ccco1. The van der Waals surface area contributed by atoms with Gasteiger partial charge in [-0.15, -0.1) is 0 Å². The summed E-state index contributed by atoms with van der Waals surface area (Å²) in [5, 5.41) is 3.50. The van der Waals surface area contributed by atoms with Gasteiger partial charge in [0.2, 0.25) is 0 Å². The summed E-state index contributed by atoms with van der Waals surface area (Å²) in [7, 11) is 1.75. The van der Waals surface area contributed by atoms with Crippen LogP contribution in [0.3, 0.4) is 0 Å². The van der Waals surface area contributed by atoms with E-state index in [-0.39, 0.29) is 11.6 Å². The van der Waals surface area contributed by atoms with Gasteiger partial charge in [0.05, 0.1) is 17.9 Å². The number of nitrogens with one attached hydrogen (secondary N) is 1. The van der Waals surface area contributed by atoms with Crippen LogP contribution < -0.4 is 5.32 Å². The fraction of sp³-hybridized carbons (Fsp3) is 0.692. The maximum Gasteiger partial charge on any atom is 0.120 e. The highest BCUT2D eigenvalue weighted by molar-refractivity contribution is 5.03. The lowest BCUT2D eigenvalue weighted by atomic mass is 9.99. The van der Waals surface area contributed by atoms with Crippen LogP contribution in [-0.2, 0) is 4.74 Å². The maximum atomic E-state index is 5.42. The van der Waals surface area contributed by atoms with Gasteiger partial charge in [0.25, 0.3) is 0 Å². The average Bonchev–Trinajstić information content (AvgIpc) is 2.69. The Hall–Kier alpha value is -0.800. The van der Waals surface area contributed by atoms with E-state index >= 15 is 0 Å². The fourth-order valence-corrected chi connectivity index (χ4v) is 1.93. The molecule has 0 aliphatic rings. The van der Waals surface area contributed by atoms with Crippen LogP contribution in [0.15, 0.2) is 22.8 Å². The predicted molar refractivity (Wildman–Crippen MR) is 65.4 cm³/mol. The summed E-state index contributed by atoms with van der Waals surface area (Å²) >= 11 is 0. The number of furan rings is 1. The average molecular weight is 225 g/mol. The zero-order valence-corrected chi connectivity index (χ0v) is 10.9. The summed E-state index contributed by atoms with van der Waals surface area (Å²) in [5.74, 6) is 0.974. The Morgan fingerprint density at radius 2 is 2.12 bits per heavy atom. The minimum absolute atomic E-state index is 0.0880. The first-order valence-electron chi connectivity index (χ1n) is 5.79. The second kappa shape index (κ2) is 5.51. The largest absolute Gasteiger partial charge is 0.468 e. The fourth-order valence-electron chi connectivity index (χ4n) is 1.93. The maximum absolute atomic E-state index is 5.42. The third-order valence-corrected chi connectivity index (χ3v) is 2.85. The van der Waals surface area contributed by atoms with Gasteiger partial charge in [0.15, 0.2) is 0 Å². The summed E-state index contributed by atoms with van der Waals surface area (Å²) in [4.78, 5) is 0. The molecule has 0 spiro atoms. The molecule has 1 unspecified atom stereocenters. The zero-order valence-electron chi connectivity index (χ0n) is 10.9. The van der Waals surface area contributed by atoms with Gasteiger partial charge in [-0.2, -0.15) is 0 Å². The number of rotatable bonds is 6. The number of hydrogen-bond acceptors (Lipinski definition) is 3. The van der Waals surface area contributed by atoms with Crippen LogP contribution >= 0.6 is 0 Å². The van der Waals surface area contributed by atoms with Crippen molar-refractivity contribution in [2.45, 2.75) is 51.8 Å². The predicted octanol–water partition coefficient (Wildman–Crippen LogP) is 3.13. The van der Waals surface area contributed by atoms with Crippen LogP contribution in [0.2, 0.25) is 0 Å². The van der Waals surface area contributed by atoms with Gasteiger partial charge < -0.3 is 14.5 Å². The molecule has 0 bridgehead atoms. The molecule has 0 fully saturated rings. The molecule has 1 heterocycles. The lowest BCUT2D eigenvalue weighted by molar-refractivity contribution is 0.00762.